The van der Waals surface area contributed by atoms with E-state index in [0.717, 1.165) is 0 Å². The van der Waals surface area contributed by atoms with E-state index in [2.05, 4.69) is 11.3 Å². The molecule has 0 aromatic heterocycles. The predicted octanol–water partition coefficient (Wildman–Crippen LogP) is 1.53. The van der Waals surface area contributed by atoms with Crippen molar-refractivity contribution in [2.45, 2.75) is 20.1 Å². The zero-order valence-corrected chi connectivity index (χ0v) is 11.6. The zero-order valence-electron chi connectivity index (χ0n) is 11.6. The lowest BCUT2D eigenvalue weighted by molar-refractivity contribution is -0.132. The van der Waals surface area contributed by atoms with Crippen molar-refractivity contribution in [1.29, 1.82) is 0 Å². The summed E-state index contributed by atoms with van der Waals surface area (Å²) in [5.74, 6) is -3.01. The Bertz CT molecular complexity index is 534. The number of hydrogen-bond donors (Lipinski definition) is 3. The first-order chi connectivity index (χ1) is 9.66. The van der Waals surface area contributed by atoms with E-state index in [1.165, 1.54) is 38.1 Å². The summed E-state index contributed by atoms with van der Waals surface area (Å²) in [4.78, 5) is 31.7. The Labute approximate surface area is 121 Å². The zero-order chi connectivity index (χ0) is 16.6. The third kappa shape index (κ3) is 6.88. The number of aliphatic carboxylic acids is 1. The lowest BCUT2D eigenvalue weighted by Gasteiger charge is -2.08. The first-order valence-electron chi connectivity index (χ1n) is 5.77. The van der Waals surface area contributed by atoms with Crippen LogP contribution in [0.25, 0.3) is 0 Å². The Morgan fingerprint density at radius 1 is 1.14 bits per heavy atom. The van der Waals surface area contributed by atoms with Gasteiger partial charge in [-0.1, -0.05) is 18.7 Å². The Hall–Kier alpha value is -2.67. The fraction of sp³-hybridized carbons (Fsp3) is 0.214. The minimum atomic E-state index is -1.26. The van der Waals surface area contributed by atoms with Crippen molar-refractivity contribution in [2.24, 2.45) is 0 Å². The average Bonchev–Trinajstić information content (AvgIpc) is 2.38. The van der Waals surface area contributed by atoms with Crippen molar-refractivity contribution < 1.29 is 34.4 Å². The first-order valence-corrected chi connectivity index (χ1v) is 5.77. The third-order valence-corrected chi connectivity index (χ3v) is 2.02. The highest BCUT2D eigenvalue weighted by atomic mass is 16.6. The van der Waals surface area contributed by atoms with Crippen LogP contribution >= 0.6 is 0 Å². The van der Waals surface area contributed by atoms with E-state index in [0.29, 0.717) is 0 Å². The number of aliphatic hydroxyl groups excluding tert-OH is 1. The number of aromatic carboxylic acids is 1. The summed E-state index contributed by atoms with van der Waals surface area (Å²) in [6.07, 6.45) is -1.26. The van der Waals surface area contributed by atoms with Crippen LogP contribution in [-0.2, 0) is 9.53 Å². The molecule has 7 nitrogen and oxygen atoms in total. The van der Waals surface area contributed by atoms with Gasteiger partial charge in [-0.15, -0.1) is 0 Å². The molecule has 3 N–H and O–H groups in total. The smallest absolute Gasteiger partial charge is 0.341 e. The van der Waals surface area contributed by atoms with Gasteiger partial charge in [-0.05, 0) is 26.0 Å². The number of ether oxygens (including phenoxy) is 1. The molecule has 1 aromatic carbocycles. The summed E-state index contributed by atoms with van der Waals surface area (Å²) in [7, 11) is 0. The maximum atomic E-state index is 11.3. The molecule has 1 unspecified atom stereocenters. The second-order valence-electron chi connectivity index (χ2n) is 3.94. The largest absolute Gasteiger partial charge is 0.478 e. The fourth-order valence-corrected chi connectivity index (χ4v) is 1.07. The summed E-state index contributed by atoms with van der Waals surface area (Å²) in [6.45, 7) is 5.87. The molecule has 1 atom stereocenters. The van der Waals surface area contributed by atoms with E-state index >= 15 is 0 Å². The molecule has 114 valence electrons. The van der Waals surface area contributed by atoms with Gasteiger partial charge in [0.2, 0.25) is 0 Å². The lowest BCUT2D eigenvalue weighted by Crippen LogP contribution is -2.17. The molecule has 0 aliphatic carbocycles. The minimum Gasteiger partial charge on any atom is -0.478 e. The van der Waals surface area contributed by atoms with Gasteiger partial charge in [0.1, 0.15) is 0 Å². The van der Waals surface area contributed by atoms with Crippen LogP contribution in [0, 0.1) is 0 Å². The molecular weight excluding hydrogens is 280 g/mol. The van der Waals surface area contributed by atoms with Crippen molar-refractivity contribution >= 4 is 17.9 Å². The highest BCUT2D eigenvalue weighted by molar-refractivity contribution is 6.02. The molecule has 0 saturated heterocycles. The molecule has 0 amide bonds. The van der Waals surface area contributed by atoms with Crippen molar-refractivity contribution in [3.05, 3.63) is 47.5 Å². The maximum Gasteiger partial charge on any atom is 0.341 e. The number of carboxylic acids is 2. The van der Waals surface area contributed by atoms with Crippen LogP contribution in [0.3, 0.4) is 0 Å². The van der Waals surface area contributed by atoms with Gasteiger partial charge in [-0.25, -0.2) is 14.4 Å². The van der Waals surface area contributed by atoms with E-state index in [-0.39, 0.29) is 16.7 Å². The van der Waals surface area contributed by atoms with Gasteiger partial charge >= 0.3 is 17.9 Å². The van der Waals surface area contributed by atoms with Crippen LogP contribution < -0.4 is 0 Å². The topological polar surface area (TPSA) is 121 Å². The van der Waals surface area contributed by atoms with Crippen LogP contribution in [0.5, 0.6) is 0 Å². The maximum absolute atomic E-state index is 11.3. The summed E-state index contributed by atoms with van der Waals surface area (Å²) in [5.41, 5.74) is -0.0518. The van der Waals surface area contributed by atoms with E-state index in [9.17, 15) is 14.4 Å². The molecule has 0 spiro atoms. The molecule has 7 heteroatoms. The van der Waals surface area contributed by atoms with Crippen LogP contribution in [0.1, 0.15) is 34.6 Å². The Kier molecular flexibility index (Phi) is 7.41. The number of carboxylic acid groups (broad SMARTS) is 2. The molecule has 1 rings (SSSR count). The molecule has 0 aliphatic heterocycles. The summed E-state index contributed by atoms with van der Waals surface area (Å²) < 4.78 is 4.48. The monoisotopic (exact) mass is 296 g/mol. The summed E-state index contributed by atoms with van der Waals surface area (Å²) >= 11 is 0. The van der Waals surface area contributed by atoms with E-state index in [1.807, 2.05) is 0 Å². The van der Waals surface area contributed by atoms with E-state index in [4.69, 9.17) is 15.3 Å². The third-order valence-electron chi connectivity index (χ3n) is 2.02. The van der Waals surface area contributed by atoms with Gasteiger partial charge in [0.15, 0.2) is 6.29 Å². The number of rotatable bonds is 4. The molecule has 0 aliphatic rings. The van der Waals surface area contributed by atoms with Gasteiger partial charge < -0.3 is 20.1 Å². The normalized spacial score (nSPS) is 10.6. The van der Waals surface area contributed by atoms with Gasteiger partial charge in [-0.2, -0.15) is 0 Å². The Balaban J connectivity index is 0.000000567. The minimum absolute atomic E-state index is 0.0779. The number of benzene rings is 1. The predicted molar refractivity (Wildman–Crippen MR) is 72.9 cm³/mol. The Morgan fingerprint density at radius 3 is 1.90 bits per heavy atom. The van der Waals surface area contributed by atoms with E-state index in [1.54, 1.807) is 0 Å². The average molecular weight is 296 g/mol. The van der Waals surface area contributed by atoms with Crippen LogP contribution in [0.15, 0.2) is 36.4 Å². The molecule has 0 heterocycles. The molecular formula is C14H16O7. The molecule has 1 aromatic rings. The van der Waals surface area contributed by atoms with Crippen LogP contribution in [0.4, 0.5) is 0 Å². The summed E-state index contributed by atoms with van der Waals surface area (Å²) in [6, 6.07) is 5.64. The van der Waals surface area contributed by atoms with Crippen molar-refractivity contribution in [1.82, 2.24) is 0 Å². The quantitative estimate of drug-likeness (QED) is 0.437. The lowest BCUT2D eigenvalue weighted by atomic mass is 10.1. The van der Waals surface area contributed by atoms with Gasteiger partial charge in [0.05, 0.1) is 11.1 Å². The number of esters is 1. The Morgan fingerprint density at radius 2 is 1.57 bits per heavy atom. The highest BCUT2D eigenvalue weighted by Gasteiger charge is 2.17. The second kappa shape index (κ2) is 8.49. The summed E-state index contributed by atoms with van der Waals surface area (Å²) in [5, 5.41) is 25.5. The molecule has 0 fully saturated rings. The molecule has 21 heavy (non-hydrogen) atoms. The van der Waals surface area contributed by atoms with Crippen molar-refractivity contribution in [2.75, 3.05) is 0 Å². The highest BCUT2D eigenvalue weighted by Crippen LogP contribution is 2.10. The first kappa shape index (κ1) is 18.3. The standard InChI is InChI=1S/C10H10O5.C4H6O2/c1-6(11)15-10(14)8-5-3-2-4-7(8)9(12)13;1-3(2)4(5)6/h2-6,11H,1H3,(H,12,13);1H2,2H3,(H,5,6). The van der Waals surface area contributed by atoms with Gasteiger partial charge in [-0.3, -0.25) is 0 Å². The molecule has 0 radical (unpaired) electrons. The fourth-order valence-electron chi connectivity index (χ4n) is 1.07. The number of carbonyl (C=O) groups is 3. The number of hydrogen-bond acceptors (Lipinski definition) is 5. The van der Waals surface area contributed by atoms with Crippen LogP contribution in [-0.4, -0.2) is 39.5 Å². The molecule has 0 saturated carbocycles. The van der Waals surface area contributed by atoms with Crippen molar-refractivity contribution in [3.8, 4) is 0 Å². The van der Waals surface area contributed by atoms with E-state index < -0.39 is 24.2 Å². The second-order valence-corrected chi connectivity index (χ2v) is 3.94. The van der Waals surface area contributed by atoms with Crippen LogP contribution in [0.2, 0.25) is 0 Å². The van der Waals surface area contributed by atoms with Gasteiger partial charge in [0, 0.05) is 5.57 Å². The van der Waals surface area contributed by atoms with Gasteiger partial charge in [0.25, 0.3) is 0 Å². The SMILES string of the molecule is C=C(C)C(=O)O.CC(O)OC(=O)c1ccccc1C(=O)O. The number of carbonyl (C=O) groups excluding carboxylic acids is 1. The number of aliphatic hydroxyl groups is 1. The van der Waals surface area contributed by atoms with Crippen molar-refractivity contribution in [3.63, 3.8) is 0 Å². The molecule has 0 bridgehead atoms.